The Hall–Kier alpha value is -1.88. The Morgan fingerprint density at radius 3 is 2.84 bits per heavy atom. The Morgan fingerprint density at radius 1 is 1.32 bits per heavy atom. The molecule has 0 unspecified atom stereocenters. The van der Waals surface area contributed by atoms with Gasteiger partial charge in [0.25, 0.3) is 0 Å². The van der Waals surface area contributed by atoms with Gasteiger partial charge in [0, 0.05) is 13.6 Å². The Morgan fingerprint density at radius 2 is 2.21 bits per heavy atom. The second-order valence-corrected chi connectivity index (χ2v) is 4.45. The van der Waals surface area contributed by atoms with E-state index in [1.165, 1.54) is 0 Å². The van der Waals surface area contributed by atoms with Crippen molar-refractivity contribution < 1.29 is 4.74 Å². The zero-order valence-corrected chi connectivity index (χ0v) is 11.5. The predicted octanol–water partition coefficient (Wildman–Crippen LogP) is 1.89. The number of hydrogen-bond acceptors (Lipinski definition) is 4. The van der Waals surface area contributed by atoms with Crippen molar-refractivity contribution >= 4 is 0 Å². The highest BCUT2D eigenvalue weighted by atomic mass is 16.5. The fraction of sp³-hybridized carbons (Fsp3) is 0.429. The summed E-state index contributed by atoms with van der Waals surface area (Å²) in [6, 6.07) is 3.94. The van der Waals surface area contributed by atoms with Gasteiger partial charge in [0.15, 0.2) is 0 Å². The largest absolute Gasteiger partial charge is 0.486 e. The lowest BCUT2D eigenvalue weighted by Gasteiger charge is -2.07. The minimum Gasteiger partial charge on any atom is -0.486 e. The molecule has 2 aromatic rings. The van der Waals surface area contributed by atoms with Gasteiger partial charge in [-0.15, -0.1) is 0 Å². The van der Waals surface area contributed by atoms with Crippen molar-refractivity contribution in [2.24, 2.45) is 7.05 Å². The molecule has 0 atom stereocenters. The molecular formula is C14H20N4O. The normalized spacial score (nSPS) is 10.6. The first-order valence-corrected chi connectivity index (χ1v) is 6.53. The summed E-state index contributed by atoms with van der Waals surface area (Å²) in [6.45, 7) is 4.47. The minimum absolute atomic E-state index is 0.506. The zero-order chi connectivity index (χ0) is 13.5. The molecule has 5 nitrogen and oxygen atoms in total. The molecule has 19 heavy (non-hydrogen) atoms. The SMILES string of the molecule is CCCNCc1ccc(OCc2cncn2C)cn1. The standard InChI is InChI=1S/C14H20N4O/c1-3-6-15-7-12-4-5-14(9-17-12)19-10-13-8-16-11-18(13)2/h4-5,8-9,11,15H,3,6-7,10H2,1-2H3. The molecule has 0 aliphatic heterocycles. The van der Waals surface area contributed by atoms with Gasteiger partial charge in [-0.25, -0.2) is 4.98 Å². The number of pyridine rings is 1. The molecule has 0 aliphatic carbocycles. The average Bonchev–Trinajstić information content (AvgIpc) is 2.84. The second-order valence-electron chi connectivity index (χ2n) is 4.45. The van der Waals surface area contributed by atoms with Gasteiger partial charge < -0.3 is 14.6 Å². The van der Waals surface area contributed by atoms with E-state index in [1.807, 2.05) is 23.7 Å². The van der Waals surface area contributed by atoms with Crippen LogP contribution in [0.3, 0.4) is 0 Å². The van der Waals surface area contributed by atoms with Crippen molar-refractivity contribution in [2.75, 3.05) is 6.54 Å². The Labute approximate surface area is 113 Å². The summed E-state index contributed by atoms with van der Waals surface area (Å²) < 4.78 is 7.61. The minimum atomic E-state index is 0.506. The van der Waals surface area contributed by atoms with Gasteiger partial charge in [-0.2, -0.15) is 0 Å². The highest BCUT2D eigenvalue weighted by Gasteiger charge is 2.01. The van der Waals surface area contributed by atoms with Crippen LogP contribution in [0.5, 0.6) is 5.75 Å². The number of nitrogens with zero attached hydrogens (tertiary/aromatic N) is 3. The van der Waals surface area contributed by atoms with Gasteiger partial charge in [-0.05, 0) is 25.1 Å². The molecule has 1 N–H and O–H groups in total. The monoisotopic (exact) mass is 260 g/mol. The van der Waals surface area contributed by atoms with Crippen molar-refractivity contribution in [3.63, 3.8) is 0 Å². The van der Waals surface area contributed by atoms with E-state index in [0.717, 1.165) is 36.6 Å². The molecule has 2 aromatic heterocycles. The van der Waals surface area contributed by atoms with Crippen LogP contribution in [0.1, 0.15) is 24.7 Å². The number of aromatic nitrogens is 3. The molecule has 0 radical (unpaired) electrons. The second kappa shape index (κ2) is 6.89. The van der Waals surface area contributed by atoms with Crippen LogP contribution in [0.4, 0.5) is 0 Å². The highest BCUT2D eigenvalue weighted by molar-refractivity contribution is 5.20. The van der Waals surface area contributed by atoms with Crippen molar-refractivity contribution in [1.29, 1.82) is 0 Å². The Kier molecular flexibility index (Phi) is 4.92. The molecule has 2 rings (SSSR count). The van der Waals surface area contributed by atoms with Crippen LogP contribution in [0, 0.1) is 0 Å². The van der Waals surface area contributed by atoms with Crippen LogP contribution in [-0.2, 0) is 20.2 Å². The summed E-state index contributed by atoms with van der Waals surface area (Å²) in [5, 5.41) is 3.32. The third kappa shape index (κ3) is 4.06. The van der Waals surface area contributed by atoms with E-state index in [1.54, 1.807) is 18.7 Å². The predicted molar refractivity (Wildman–Crippen MR) is 73.8 cm³/mol. The highest BCUT2D eigenvalue weighted by Crippen LogP contribution is 2.11. The summed E-state index contributed by atoms with van der Waals surface area (Å²) in [5.74, 6) is 0.778. The van der Waals surface area contributed by atoms with Gasteiger partial charge in [-0.1, -0.05) is 6.92 Å². The summed E-state index contributed by atoms with van der Waals surface area (Å²) >= 11 is 0. The summed E-state index contributed by atoms with van der Waals surface area (Å²) in [6.07, 6.45) is 6.46. The lowest BCUT2D eigenvalue weighted by Crippen LogP contribution is -2.14. The van der Waals surface area contributed by atoms with Crippen molar-refractivity contribution in [1.82, 2.24) is 19.9 Å². The molecule has 0 fully saturated rings. The van der Waals surface area contributed by atoms with Crippen LogP contribution in [0.25, 0.3) is 0 Å². The third-order valence-corrected chi connectivity index (χ3v) is 2.83. The van der Waals surface area contributed by atoms with Gasteiger partial charge in [0.2, 0.25) is 0 Å². The number of nitrogens with one attached hydrogen (secondary N) is 1. The van der Waals surface area contributed by atoms with Crippen LogP contribution >= 0.6 is 0 Å². The molecule has 0 bridgehead atoms. The number of aryl methyl sites for hydroxylation is 1. The molecule has 0 amide bonds. The van der Waals surface area contributed by atoms with Crippen LogP contribution < -0.4 is 10.1 Å². The fourth-order valence-electron chi connectivity index (χ4n) is 1.68. The molecule has 0 saturated carbocycles. The first-order chi connectivity index (χ1) is 9.29. The van der Waals surface area contributed by atoms with E-state index in [4.69, 9.17) is 4.74 Å². The number of rotatable bonds is 7. The van der Waals surface area contributed by atoms with Gasteiger partial charge >= 0.3 is 0 Å². The molecule has 0 saturated heterocycles. The first kappa shape index (κ1) is 13.5. The summed E-state index contributed by atoms with van der Waals surface area (Å²) in [4.78, 5) is 8.41. The van der Waals surface area contributed by atoms with Gasteiger partial charge in [0.1, 0.15) is 12.4 Å². The van der Waals surface area contributed by atoms with Gasteiger partial charge in [-0.3, -0.25) is 4.98 Å². The third-order valence-electron chi connectivity index (χ3n) is 2.83. The molecule has 0 aromatic carbocycles. The van der Waals surface area contributed by atoms with Crippen molar-refractivity contribution in [2.45, 2.75) is 26.5 Å². The first-order valence-electron chi connectivity index (χ1n) is 6.53. The van der Waals surface area contributed by atoms with E-state index < -0.39 is 0 Å². The molecule has 0 spiro atoms. The van der Waals surface area contributed by atoms with Crippen LogP contribution in [-0.4, -0.2) is 21.1 Å². The van der Waals surface area contributed by atoms with Gasteiger partial charge in [0.05, 0.1) is 30.1 Å². The maximum atomic E-state index is 5.67. The average molecular weight is 260 g/mol. The Balaban J connectivity index is 1.83. The summed E-state index contributed by atoms with van der Waals surface area (Å²) in [5.41, 5.74) is 2.06. The zero-order valence-electron chi connectivity index (χ0n) is 11.5. The lowest BCUT2D eigenvalue weighted by molar-refractivity contribution is 0.295. The number of imidazole rings is 1. The van der Waals surface area contributed by atoms with Crippen LogP contribution in [0.2, 0.25) is 0 Å². The fourth-order valence-corrected chi connectivity index (χ4v) is 1.68. The molecule has 0 aliphatic rings. The molecular weight excluding hydrogens is 240 g/mol. The molecule has 2 heterocycles. The topological polar surface area (TPSA) is 52.0 Å². The van der Waals surface area contributed by atoms with E-state index in [2.05, 4.69) is 22.2 Å². The smallest absolute Gasteiger partial charge is 0.138 e. The summed E-state index contributed by atoms with van der Waals surface area (Å²) in [7, 11) is 1.95. The number of hydrogen-bond donors (Lipinski definition) is 1. The Bertz CT molecular complexity index is 492. The van der Waals surface area contributed by atoms with E-state index in [0.29, 0.717) is 6.61 Å². The lowest BCUT2D eigenvalue weighted by atomic mass is 10.3. The molecule has 5 heteroatoms. The van der Waals surface area contributed by atoms with Crippen molar-refractivity contribution in [3.8, 4) is 5.75 Å². The van der Waals surface area contributed by atoms with E-state index in [9.17, 15) is 0 Å². The maximum Gasteiger partial charge on any atom is 0.138 e. The number of ether oxygens (including phenoxy) is 1. The quantitative estimate of drug-likeness (QED) is 0.772. The maximum absolute atomic E-state index is 5.67. The van der Waals surface area contributed by atoms with E-state index >= 15 is 0 Å². The van der Waals surface area contributed by atoms with Crippen molar-refractivity contribution in [3.05, 3.63) is 42.2 Å². The van der Waals surface area contributed by atoms with Crippen LogP contribution in [0.15, 0.2) is 30.9 Å². The van der Waals surface area contributed by atoms with E-state index in [-0.39, 0.29) is 0 Å². The molecule has 102 valence electrons.